The van der Waals surface area contributed by atoms with Gasteiger partial charge >= 0.3 is 0 Å². The molecule has 1 aliphatic rings. The van der Waals surface area contributed by atoms with Gasteiger partial charge in [0.1, 0.15) is 23.0 Å². The Kier molecular flexibility index (Phi) is 3.61. The molecule has 0 bridgehead atoms. The topological polar surface area (TPSA) is 66.8 Å². The molecule has 0 saturated heterocycles. The lowest BCUT2D eigenvalue weighted by molar-refractivity contribution is 0.317. The van der Waals surface area contributed by atoms with E-state index in [4.69, 9.17) is 9.47 Å². The number of rotatable bonds is 3. The van der Waals surface area contributed by atoms with Crippen LogP contribution in [0.15, 0.2) is 47.6 Å². The number of hydrogen-bond acceptors (Lipinski definition) is 4. The first-order valence-electron chi connectivity index (χ1n) is 7.96. The Hall–Kier alpha value is -2.95. The first-order chi connectivity index (χ1) is 11.8. The maximum Gasteiger partial charge on any atom is 0.128 e. The zero-order valence-electron chi connectivity index (χ0n) is 13.4. The summed E-state index contributed by atoms with van der Waals surface area (Å²) in [5.74, 6) is 2.34. The van der Waals surface area contributed by atoms with E-state index in [9.17, 15) is 5.21 Å². The van der Waals surface area contributed by atoms with Crippen molar-refractivity contribution in [2.75, 3.05) is 7.11 Å². The van der Waals surface area contributed by atoms with E-state index in [0.717, 1.165) is 58.8 Å². The molecule has 0 fully saturated rings. The standard InChI is InChI=1S/C19H18N2O3/c1-23-12-5-7-13(8-6-12)24-14-9-10-17-16(11-14)15-3-2-4-18(21-22)19(15)20-17/h5-11,20,22H,2-4H2,1H3/b21-18-. The first-order valence-corrected chi connectivity index (χ1v) is 7.96. The highest BCUT2D eigenvalue weighted by Crippen LogP contribution is 2.33. The average Bonchev–Trinajstić information content (AvgIpc) is 3.00. The van der Waals surface area contributed by atoms with E-state index < -0.39 is 0 Å². The number of nitrogens with zero attached hydrogens (tertiary/aromatic N) is 1. The lowest BCUT2D eigenvalue weighted by atomic mass is 9.94. The summed E-state index contributed by atoms with van der Waals surface area (Å²) >= 11 is 0. The van der Waals surface area contributed by atoms with E-state index in [1.165, 1.54) is 5.56 Å². The van der Waals surface area contributed by atoms with E-state index in [-0.39, 0.29) is 0 Å². The molecule has 1 aromatic heterocycles. The van der Waals surface area contributed by atoms with E-state index in [1.54, 1.807) is 7.11 Å². The molecule has 4 rings (SSSR count). The first kappa shape index (κ1) is 14.6. The second-order valence-electron chi connectivity index (χ2n) is 5.86. The number of aryl methyl sites for hydroxylation is 1. The van der Waals surface area contributed by atoms with Gasteiger partial charge in [-0.1, -0.05) is 5.16 Å². The van der Waals surface area contributed by atoms with Gasteiger partial charge in [-0.05, 0) is 67.3 Å². The average molecular weight is 322 g/mol. The van der Waals surface area contributed by atoms with Crippen molar-refractivity contribution in [3.05, 3.63) is 53.7 Å². The Labute approximate surface area is 139 Å². The van der Waals surface area contributed by atoms with Crippen LogP contribution in [0.3, 0.4) is 0 Å². The lowest BCUT2D eigenvalue weighted by Gasteiger charge is -2.12. The fourth-order valence-electron chi connectivity index (χ4n) is 3.23. The van der Waals surface area contributed by atoms with Gasteiger partial charge in [-0.2, -0.15) is 0 Å². The Bertz CT molecular complexity index is 910. The molecular weight excluding hydrogens is 304 g/mol. The number of H-pyrrole nitrogens is 1. The number of aromatic nitrogens is 1. The Morgan fingerprint density at radius 2 is 1.75 bits per heavy atom. The molecule has 3 aromatic rings. The third kappa shape index (κ3) is 2.48. The van der Waals surface area contributed by atoms with Crippen molar-refractivity contribution in [1.82, 2.24) is 4.98 Å². The molecule has 2 N–H and O–H groups in total. The summed E-state index contributed by atoms with van der Waals surface area (Å²) < 4.78 is 11.1. The van der Waals surface area contributed by atoms with Crippen LogP contribution in [0.1, 0.15) is 24.1 Å². The molecule has 0 aliphatic heterocycles. The van der Waals surface area contributed by atoms with Crippen LogP contribution in [0, 0.1) is 0 Å². The van der Waals surface area contributed by atoms with Gasteiger partial charge in [-0.15, -0.1) is 0 Å². The largest absolute Gasteiger partial charge is 0.497 e. The zero-order valence-corrected chi connectivity index (χ0v) is 13.4. The number of aromatic amines is 1. The van der Waals surface area contributed by atoms with Crippen molar-refractivity contribution in [3.8, 4) is 17.2 Å². The molecule has 0 unspecified atom stereocenters. The normalized spacial score (nSPS) is 15.5. The molecule has 0 saturated carbocycles. The smallest absolute Gasteiger partial charge is 0.128 e. The van der Waals surface area contributed by atoms with Crippen LogP contribution < -0.4 is 9.47 Å². The fraction of sp³-hybridized carbons (Fsp3) is 0.211. The number of methoxy groups -OCH3 is 1. The van der Waals surface area contributed by atoms with Gasteiger partial charge in [0.2, 0.25) is 0 Å². The van der Waals surface area contributed by atoms with Gasteiger partial charge in [-0.25, -0.2) is 0 Å². The van der Waals surface area contributed by atoms with E-state index in [2.05, 4.69) is 10.1 Å². The number of fused-ring (bicyclic) bond motifs is 3. The summed E-state index contributed by atoms with van der Waals surface area (Å²) in [5, 5.41) is 13.7. The van der Waals surface area contributed by atoms with Gasteiger partial charge in [-0.3, -0.25) is 0 Å². The molecule has 0 amide bonds. The van der Waals surface area contributed by atoms with Crippen molar-refractivity contribution in [1.29, 1.82) is 0 Å². The minimum absolute atomic E-state index is 0.727. The number of nitrogens with one attached hydrogen (secondary N) is 1. The molecule has 2 aromatic carbocycles. The number of benzene rings is 2. The maximum absolute atomic E-state index is 9.19. The minimum Gasteiger partial charge on any atom is -0.497 e. The monoisotopic (exact) mass is 322 g/mol. The zero-order chi connectivity index (χ0) is 16.5. The highest BCUT2D eigenvalue weighted by Gasteiger charge is 2.21. The van der Waals surface area contributed by atoms with Gasteiger partial charge in [0.15, 0.2) is 0 Å². The number of oxime groups is 1. The molecule has 1 aliphatic carbocycles. The number of hydrogen-bond donors (Lipinski definition) is 2. The van der Waals surface area contributed by atoms with Crippen molar-refractivity contribution >= 4 is 16.6 Å². The summed E-state index contributed by atoms with van der Waals surface area (Å²) in [6.07, 6.45) is 2.76. The SMILES string of the molecule is COc1ccc(Oc2ccc3[nH]c4c(c3c2)CCC/C4=N/O)cc1. The predicted molar refractivity (Wildman–Crippen MR) is 92.6 cm³/mol. The molecule has 5 nitrogen and oxygen atoms in total. The van der Waals surface area contributed by atoms with Gasteiger partial charge in [0.25, 0.3) is 0 Å². The quantitative estimate of drug-likeness (QED) is 0.552. The predicted octanol–water partition coefficient (Wildman–Crippen LogP) is 4.48. The summed E-state index contributed by atoms with van der Waals surface area (Å²) in [6, 6.07) is 13.5. The van der Waals surface area contributed by atoms with Gasteiger partial charge in [0, 0.05) is 10.9 Å². The minimum atomic E-state index is 0.727. The highest BCUT2D eigenvalue weighted by atomic mass is 16.5. The third-order valence-electron chi connectivity index (χ3n) is 4.42. The van der Waals surface area contributed by atoms with E-state index >= 15 is 0 Å². The molecular formula is C19H18N2O3. The highest BCUT2D eigenvalue weighted by molar-refractivity contribution is 6.06. The third-order valence-corrected chi connectivity index (χ3v) is 4.42. The molecule has 0 atom stereocenters. The van der Waals surface area contributed by atoms with E-state index in [1.807, 2.05) is 42.5 Å². The van der Waals surface area contributed by atoms with Crippen LogP contribution in [0.5, 0.6) is 17.2 Å². The Morgan fingerprint density at radius 1 is 1.00 bits per heavy atom. The van der Waals surface area contributed by atoms with E-state index in [0.29, 0.717) is 0 Å². The van der Waals surface area contributed by atoms with Crippen LogP contribution in [0.2, 0.25) is 0 Å². The maximum atomic E-state index is 9.19. The van der Waals surface area contributed by atoms with Crippen LogP contribution in [-0.4, -0.2) is 23.0 Å². The fourth-order valence-corrected chi connectivity index (χ4v) is 3.23. The van der Waals surface area contributed by atoms with Gasteiger partial charge < -0.3 is 19.7 Å². The second kappa shape index (κ2) is 5.92. The van der Waals surface area contributed by atoms with Crippen molar-refractivity contribution in [3.63, 3.8) is 0 Å². The van der Waals surface area contributed by atoms with Crippen molar-refractivity contribution in [2.24, 2.45) is 5.16 Å². The van der Waals surface area contributed by atoms with Crippen LogP contribution in [-0.2, 0) is 6.42 Å². The molecule has 24 heavy (non-hydrogen) atoms. The second-order valence-corrected chi connectivity index (χ2v) is 5.86. The van der Waals surface area contributed by atoms with Crippen molar-refractivity contribution in [2.45, 2.75) is 19.3 Å². The molecule has 0 radical (unpaired) electrons. The molecule has 1 heterocycles. The summed E-state index contributed by atoms with van der Waals surface area (Å²) in [6.45, 7) is 0. The van der Waals surface area contributed by atoms with Crippen LogP contribution in [0.25, 0.3) is 10.9 Å². The van der Waals surface area contributed by atoms with Gasteiger partial charge in [0.05, 0.1) is 12.8 Å². The molecule has 5 heteroatoms. The summed E-state index contributed by atoms with van der Waals surface area (Å²) in [4.78, 5) is 3.36. The summed E-state index contributed by atoms with van der Waals surface area (Å²) in [5.41, 5.74) is 3.90. The lowest BCUT2D eigenvalue weighted by Crippen LogP contribution is -2.10. The number of ether oxygens (including phenoxy) is 2. The Balaban J connectivity index is 1.70. The van der Waals surface area contributed by atoms with Crippen molar-refractivity contribution < 1.29 is 14.7 Å². The molecule has 122 valence electrons. The Morgan fingerprint density at radius 3 is 2.50 bits per heavy atom. The summed E-state index contributed by atoms with van der Waals surface area (Å²) in [7, 11) is 1.64. The van der Waals surface area contributed by atoms with Crippen LogP contribution >= 0.6 is 0 Å². The molecule has 0 spiro atoms. The van der Waals surface area contributed by atoms with Crippen LogP contribution in [0.4, 0.5) is 0 Å².